The van der Waals surface area contributed by atoms with Crippen LogP contribution in [-0.2, 0) is 19.3 Å². The molecule has 0 saturated carbocycles. The Morgan fingerprint density at radius 2 is 1.55 bits per heavy atom. The molecular weight excluding hydrogens is 244 g/mol. The second kappa shape index (κ2) is 6.76. The van der Waals surface area contributed by atoms with Crippen molar-refractivity contribution in [1.82, 2.24) is 0 Å². The number of phenolic OH excluding ortho intramolecular Hbond substituents is 1. The van der Waals surface area contributed by atoms with E-state index < -0.39 is 0 Å². The lowest BCUT2D eigenvalue weighted by atomic mass is 9.99. The molecule has 0 amide bonds. The van der Waals surface area contributed by atoms with Crippen molar-refractivity contribution in [2.45, 2.75) is 19.3 Å². The molecule has 0 atom stereocenters. The van der Waals surface area contributed by atoms with Crippen LogP contribution in [-0.4, -0.2) is 5.11 Å². The van der Waals surface area contributed by atoms with E-state index in [9.17, 15) is 5.11 Å². The first-order chi connectivity index (χ1) is 9.72. The van der Waals surface area contributed by atoms with Crippen LogP contribution < -0.4 is 0 Å². The highest BCUT2D eigenvalue weighted by molar-refractivity contribution is 5.39. The summed E-state index contributed by atoms with van der Waals surface area (Å²) in [7, 11) is 0. The molecule has 0 radical (unpaired) electrons. The van der Waals surface area contributed by atoms with Crippen molar-refractivity contribution in [3.8, 4) is 5.75 Å². The lowest BCUT2D eigenvalue weighted by molar-refractivity contribution is 0.469. The fourth-order valence-electron chi connectivity index (χ4n) is 2.34. The summed E-state index contributed by atoms with van der Waals surface area (Å²) >= 11 is 0. The molecule has 0 aromatic heterocycles. The monoisotopic (exact) mass is 264 g/mol. The van der Waals surface area contributed by atoms with Gasteiger partial charge in [0.2, 0.25) is 0 Å². The van der Waals surface area contributed by atoms with Crippen molar-refractivity contribution >= 4 is 0 Å². The van der Waals surface area contributed by atoms with Gasteiger partial charge in [0.15, 0.2) is 0 Å². The van der Waals surface area contributed by atoms with Crippen molar-refractivity contribution in [3.05, 3.63) is 90.0 Å². The van der Waals surface area contributed by atoms with Crippen molar-refractivity contribution in [3.63, 3.8) is 0 Å². The van der Waals surface area contributed by atoms with Crippen LogP contribution in [0.1, 0.15) is 22.3 Å². The number of aromatic hydroxyl groups is 1. The van der Waals surface area contributed by atoms with Crippen LogP contribution in [0.2, 0.25) is 0 Å². The van der Waals surface area contributed by atoms with Gasteiger partial charge in [0.25, 0.3) is 0 Å². The Bertz CT molecular complexity index is 611. The third-order valence-electron chi connectivity index (χ3n) is 3.29. The average Bonchev–Trinajstić information content (AvgIpc) is 2.44. The van der Waals surface area contributed by atoms with Crippen molar-refractivity contribution in [1.29, 1.82) is 0 Å². The zero-order chi connectivity index (χ0) is 14.4. The minimum absolute atomic E-state index is 0.342. The molecule has 2 rings (SSSR count). The van der Waals surface area contributed by atoms with E-state index in [0.29, 0.717) is 12.2 Å². The van der Waals surface area contributed by atoms with Gasteiger partial charge in [0, 0.05) is 0 Å². The van der Waals surface area contributed by atoms with Crippen LogP contribution in [0.15, 0.2) is 67.8 Å². The van der Waals surface area contributed by atoms with Crippen molar-refractivity contribution < 1.29 is 5.11 Å². The Kier molecular flexibility index (Phi) is 4.78. The largest absolute Gasteiger partial charge is 0.508 e. The second-order valence-electron chi connectivity index (χ2n) is 4.95. The molecule has 0 aliphatic rings. The summed E-state index contributed by atoms with van der Waals surface area (Å²) in [4.78, 5) is 0. The van der Waals surface area contributed by atoms with Gasteiger partial charge in [-0.2, -0.15) is 0 Å². The van der Waals surface area contributed by atoms with Crippen LogP contribution in [0.4, 0.5) is 0 Å². The van der Waals surface area contributed by atoms with Crippen molar-refractivity contribution in [2.75, 3.05) is 0 Å². The number of allylic oxidation sites excluding steroid dienone is 2. The molecule has 2 aromatic rings. The summed E-state index contributed by atoms with van der Waals surface area (Å²) < 4.78 is 0. The van der Waals surface area contributed by atoms with Gasteiger partial charge in [-0.05, 0) is 47.6 Å². The summed E-state index contributed by atoms with van der Waals surface area (Å²) in [6.45, 7) is 7.50. The normalized spacial score (nSPS) is 10.2. The molecule has 0 fully saturated rings. The van der Waals surface area contributed by atoms with Crippen molar-refractivity contribution in [2.24, 2.45) is 0 Å². The molecule has 0 bridgehead atoms. The summed E-state index contributed by atoms with van der Waals surface area (Å²) in [6, 6.07) is 14.3. The van der Waals surface area contributed by atoms with E-state index in [1.54, 1.807) is 6.07 Å². The summed E-state index contributed by atoms with van der Waals surface area (Å²) in [5.41, 5.74) is 4.69. The van der Waals surface area contributed by atoms with E-state index in [1.165, 1.54) is 16.7 Å². The van der Waals surface area contributed by atoms with E-state index in [-0.39, 0.29) is 0 Å². The van der Waals surface area contributed by atoms with E-state index >= 15 is 0 Å². The van der Waals surface area contributed by atoms with Gasteiger partial charge < -0.3 is 5.11 Å². The van der Waals surface area contributed by atoms with E-state index in [1.807, 2.05) is 18.2 Å². The molecule has 0 aliphatic heterocycles. The molecule has 0 saturated heterocycles. The first kappa shape index (κ1) is 14.1. The zero-order valence-electron chi connectivity index (χ0n) is 11.7. The second-order valence-corrected chi connectivity index (χ2v) is 4.95. The molecular formula is C19H20O. The first-order valence-corrected chi connectivity index (χ1v) is 6.83. The lowest BCUT2D eigenvalue weighted by Crippen LogP contribution is -1.92. The molecule has 0 spiro atoms. The Hall–Kier alpha value is -2.28. The SMILES string of the molecule is C=CCc1cccc(Cc2ccc(O)c(CC=C)c2)c1. The maximum Gasteiger partial charge on any atom is 0.119 e. The van der Waals surface area contributed by atoms with E-state index in [4.69, 9.17) is 0 Å². The number of rotatable bonds is 6. The lowest BCUT2D eigenvalue weighted by Gasteiger charge is -2.08. The van der Waals surface area contributed by atoms with Gasteiger partial charge in [0.05, 0.1) is 0 Å². The highest BCUT2D eigenvalue weighted by atomic mass is 16.3. The first-order valence-electron chi connectivity index (χ1n) is 6.83. The quantitative estimate of drug-likeness (QED) is 0.765. The topological polar surface area (TPSA) is 20.2 Å². The molecule has 0 heterocycles. The maximum absolute atomic E-state index is 9.79. The van der Waals surface area contributed by atoms with Crippen LogP contribution >= 0.6 is 0 Å². The van der Waals surface area contributed by atoms with Crippen LogP contribution in [0.3, 0.4) is 0 Å². The number of hydrogen-bond donors (Lipinski definition) is 1. The van der Waals surface area contributed by atoms with Gasteiger partial charge in [-0.1, -0.05) is 48.6 Å². The Balaban J connectivity index is 2.20. The van der Waals surface area contributed by atoms with Gasteiger partial charge in [0.1, 0.15) is 5.75 Å². The third-order valence-corrected chi connectivity index (χ3v) is 3.29. The number of phenols is 1. The highest BCUT2D eigenvalue weighted by Gasteiger charge is 2.03. The predicted molar refractivity (Wildman–Crippen MR) is 85.2 cm³/mol. The fourth-order valence-corrected chi connectivity index (χ4v) is 2.34. The molecule has 1 N–H and O–H groups in total. The Morgan fingerprint density at radius 3 is 2.30 bits per heavy atom. The summed E-state index contributed by atoms with van der Waals surface area (Å²) in [6.07, 6.45) is 6.18. The average molecular weight is 264 g/mol. The molecule has 20 heavy (non-hydrogen) atoms. The molecule has 1 nitrogen and oxygen atoms in total. The Labute approximate surface area is 120 Å². The zero-order valence-corrected chi connectivity index (χ0v) is 11.7. The number of benzene rings is 2. The van der Waals surface area contributed by atoms with Gasteiger partial charge in [-0.25, -0.2) is 0 Å². The smallest absolute Gasteiger partial charge is 0.119 e. The minimum Gasteiger partial charge on any atom is -0.508 e. The van der Waals surface area contributed by atoms with E-state index in [0.717, 1.165) is 18.4 Å². The van der Waals surface area contributed by atoms with Crippen LogP contribution in [0.5, 0.6) is 5.75 Å². The standard InChI is InChI=1S/C19H20O/c1-3-6-15-8-5-9-16(12-15)13-17-10-11-19(20)18(14-17)7-4-2/h3-5,8-12,14,20H,1-2,6-7,13H2. The molecule has 1 heteroatoms. The minimum atomic E-state index is 0.342. The summed E-state index contributed by atoms with van der Waals surface area (Å²) in [5.74, 6) is 0.342. The number of hydrogen-bond acceptors (Lipinski definition) is 1. The van der Waals surface area contributed by atoms with Gasteiger partial charge in [-0.3, -0.25) is 0 Å². The molecule has 102 valence electrons. The maximum atomic E-state index is 9.79. The van der Waals surface area contributed by atoms with Crippen LogP contribution in [0, 0.1) is 0 Å². The summed E-state index contributed by atoms with van der Waals surface area (Å²) in [5, 5.41) is 9.79. The van der Waals surface area contributed by atoms with Gasteiger partial charge in [-0.15, -0.1) is 13.2 Å². The predicted octanol–water partition coefficient (Wildman–Crippen LogP) is 4.44. The van der Waals surface area contributed by atoms with Crippen LogP contribution in [0.25, 0.3) is 0 Å². The Morgan fingerprint density at radius 1 is 0.850 bits per heavy atom. The van der Waals surface area contributed by atoms with Gasteiger partial charge >= 0.3 is 0 Å². The molecule has 0 unspecified atom stereocenters. The molecule has 0 aliphatic carbocycles. The molecule has 2 aromatic carbocycles. The third kappa shape index (κ3) is 3.61. The highest BCUT2D eigenvalue weighted by Crippen LogP contribution is 2.21. The fraction of sp³-hybridized carbons (Fsp3) is 0.158. The van der Waals surface area contributed by atoms with E-state index in [2.05, 4.69) is 43.5 Å².